The van der Waals surface area contributed by atoms with Crippen LogP contribution in [0.5, 0.6) is 5.75 Å². The lowest BCUT2D eigenvalue weighted by Crippen LogP contribution is -2.29. The van der Waals surface area contributed by atoms with Gasteiger partial charge in [-0.25, -0.2) is 4.98 Å². The first-order valence-electron chi connectivity index (χ1n) is 12.6. The Bertz CT molecular complexity index is 1410. The van der Waals surface area contributed by atoms with Gasteiger partial charge in [0.2, 0.25) is 11.8 Å². The molecule has 4 rings (SSSR count). The minimum absolute atomic E-state index is 0.0168. The number of benzene rings is 2. The van der Waals surface area contributed by atoms with Crippen molar-refractivity contribution in [1.82, 2.24) is 20.6 Å². The van der Waals surface area contributed by atoms with Crippen molar-refractivity contribution in [2.45, 2.75) is 19.4 Å². The van der Waals surface area contributed by atoms with Crippen LogP contribution in [0.25, 0.3) is 21.7 Å². The largest absolute Gasteiger partial charge is 0.491 e. The van der Waals surface area contributed by atoms with E-state index in [1.807, 2.05) is 36.4 Å². The fourth-order valence-electron chi connectivity index (χ4n) is 4.09. The van der Waals surface area contributed by atoms with Gasteiger partial charge in [-0.15, -0.1) is 0 Å². The lowest BCUT2D eigenvalue weighted by atomic mass is 10.1. The monoisotopic (exact) mass is 516 g/mol. The van der Waals surface area contributed by atoms with Crippen molar-refractivity contribution in [3.05, 3.63) is 72.1 Å². The summed E-state index contributed by atoms with van der Waals surface area (Å²) in [5.74, 6) is 0.886. The molecule has 0 aliphatic rings. The molecule has 0 fully saturated rings. The van der Waals surface area contributed by atoms with E-state index in [4.69, 9.17) is 20.6 Å². The molecule has 38 heavy (non-hydrogen) atoms. The van der Waals surface area contributed by atoms with E-state index in [0.717, 1.165) is 21.7 Å². The van der Waals surface area contributed by atoms with Crippen molar-refractivity contribution >= 4 is 39.3 Å². The Balaban J connectivity index is 1.21. The second-order valence-electron chi connectivity index (χ2n) is 8.75. The van der Waals surface area contributed by atoms with Gasteiger partial charge in [0.05, 0.1) is 12.1 Å². The maximum atomic E-state index is 12.2. The van der Waals surface area contributed by atoms with Gasteiger partial charge in [0.1, 0.15) is 18.2 Å². The van der Waals surface area contributed by atoms with Crippen LogP contribution in [0.2, 0.25) is 0 Å². The Morgan fingerprint density at radius 2 is 1.89 bits per heavy atom. The number of amides is 2. The lowest BCUT2D eigenvalue weighted by molar-refractivity contribution is -0.121. The van der Waals surface area contributed by atoms with Gasteiger partial charge >= 0.3 is 0 Å². The number of hydrogen-bond acceptors (Lipinski definition) is 8. The molecule has 4 aromatic rings. The number of anilines is 1. The summed E-state index contributed by atoms with van der Waals surface area (Å²) < 4.78 is 5.42. The molecule has 10 nitrogen and oxygen atoms in total. The molecule has 198 valence electrons. The van der Waals surface area contributed by atoms with Gasteiger partial charge in [0.25, 0.3) is 0 Å². The molecule has 2 aromatic carbocycles. The van der Waals surface area contributed by atoms with Gasteiger partial charge in [-0.3, -0.25) is 14.6 Å². The number of carbonyl (C=O) groups is 2. The van der Waals surface area contributed by atoms with Gasteiger partial charge in [0, 0.05) is 66.7 Å². The first-order valence-corrected chi connectivity index (χ1v) is 12.6. The van der Waals surface area contributed by atoms with Crippen LogP contribution in [0, 0.1) is 0 Å². The standard InChI is InChI=1S/C28H32N6O4/c29-27(37)20-5-6-22-24-18-31-11-7-23(24)28(34-25(22)16-20)33-10-2-9-32-26(36)8-12-30-17-19-3-1-4-21(15-19)38-14-13-35/h1,3-7,11,15-16,18,30,35H,2,8-10,12-14,17H2,(H2,29,37)(H,32,36)(H,33,34). The van der Waals surface area contributed by atoms with Gasteiger partial charge in [-0.05, 0) is 42.3 Å². The second kappa shape index (κ2) is 13.3. The molecule has 0 bridgehead atoms. The highest BCUT2D eigenvalue weighted by molar-refractivity contribution is 6.11. The molecule has 0 saturated carbocycles. The highest BCUT2D eigenvalue weighted by atomic mass is 16.5. The number of nitrogens with zero attached hydrogens (tertiary/aromatic N) is 2. The first kappa shape index (κ1) is 26.8. The summed E-state index contributed by atoms with van der Waals surface area (Å²) >= 11 is 0. The number of ether oxygens (including phenoxy) is 1. The SMILES string of the molecule is NC(=O)c1ccc2c(c1)nc(NCCCNC(=O)CCNCc1cccc(OCCO)c1)c1ccncc12. The number of nitrogens with two attached hydrogens (primary N) is 1. The molecule has 10 heteroatoms. The smallest absolute Gasteiger partial charge is 0.248 e. The molecule has 0 spiro atoms. The summed E-state index contributed by atoms with van der Waals surface area (Å²) in [7, 11) is 0. The van der Waals surface area contributed by atoms with Crippen molar-refractivity contribution in [2.24, 2.45) is 5.73 Å². The highest BCUT2D eigenvalue weighted by Gasteiger charge is 2.11. The first-order chi connectivity index (χ1) is 18.5. The van der Waals surface area contributed by atoms with Crippen molar-refractivity contribution in [1.29, 1.82) is 0 Å². The van der Waals surface area contributed by atoms with Gasteiger partial charge in [-0.1, -0.05) is 18.2 Å². The van der Waals surface area contributed by atoms with Crippen LogP contribution in [0.4, 0.5) is 5.82 Å². The Morgan fingerprint density at radius 3 is 2.74 bits per heavy atom. The average Bonchev–Trinajstić information content (AvgIpc) is 2.94. The number of aromatic nitrogens is 2. The number of primary amides is 1. The number of nitrogens with one attached hydrogen (secondary N) is 3. The van der Waals surface area contributed by atoms with E-state index in [-0.39, 0.29) is 19.1 Å². The summed E-state index contributed by atoms with van der Waals surface area (Å²) in [4.78, 5) is 32.7. The fraction of sp³-hybridized carbons (Fsp3) is 0.286. The molecule has 0 saturated heterocycles. The average molecular weight is 517 g/mol. The predicted octanol–water partition coefficient (Wildman–Crippen LogP) is 2.35. The molecule has 0 radical (unpaired) electrons. The molecule has 2 amide bonds. The third-order valence-corrected chi connectivity index (χ3v) is 5.97. The molecule has 0 unspecified atom stereocenters. The van der Waals surface area contributed by atoms with Gasteiger partial charge in [0.15, 0.2) is 0 Å². The van der Waals surface area contributed by atoms with Crippen LogP contribution in [-0.4, -0.2) is 59.7 Å². The third kappa shape index (κ3) is 7.15. The Morgan fingerprint density at radius 1 is 1.00 bits per heavy atom. The van der Waals surface area contributed by atoms with Crippen molar-refractivity contribution in [3.63, 3.8) is 0 Å². The van der Waals surface area contributed by atoms with Crippen molar-refractivity contribution in [2.75, 3.05) is 38.2 Å². The van der Waals surface area contributed by atoms with E-state index in [0.29, 0.717) is 61.7 Å². The van der Waals surface area contributed by atoms with E-state index in [1.165, 1.54) is 0 Å². The number of aliphatic hydroxyl groups is 1. The van der Waals surface area contributed by atoms with Crippen LogP contribution in [0.3, 0.4) is 0 Å². The van der Waals surface area contributed by atoms with E-state index < -0.39 is 5.91 Å². The number of hydrogen-bond donors (Lipinski definition) is 5. The molecule has 0 aliphatic carbocycles. The minimum Gasteiger partial charge on any atom is -0.491 e. The van der Waals surface area contributed by atoms with Crippen LogP contribution < -0.4 is 26.4 Å². The zero-order valence-electron chi connectivity index (χ0n) is 21.1. The van der Waals surface area contributed by atoms with Crippen molar-refractivity contribution in [3.8, 4) is 5.75 Å². The molecule has 2 aromatic heterocycles. The number of aliphatic hydroxyl groups excluding tert-OH is 1. The van der Waals surface area contributed by atoms with Crippen molar-refractivity contribution < 1.29 is 19.4 Å². The molecule has 6 N–H and O–H groups in total. The molecular weight excluding hydrogens is 484 g/mol. The number of rotatable bonds is 14. The number of carbonyl (C=O) groups excluding carboxylic acids is 2. The second-order valence-corrected chi connectivity index (χ2v) is 8.75. The van der Waals surface area contributed by atoms with E-state index in [2.05, 4.69) is 20.9 Å². The molecule has 0 atom stereocenters. The number of fused-ring (bicyclic) bond motifs is 3. The zero-order chi connectivity index (χ0) is 26.7. The summed E-state index contributed by atoms with van der Waals surface area (Å²) in [6.45, 7) is 2.56. The third-order valence-electron chi connectivity index (χ3n) is 5.97. The maximum absolute atomic E-state index is 12.2. The van der Waals surface area contributed by atoms with Crippen LogP contribution in [0.1, 0.15) is 28.8 Å². The summed E-state index contributed by atoms with van der Waals surface area (Å²) in [5.41, 5.74) is 7.54. The molecular formula is C28H32N6O4. The van der Waals surface area contributed by atoms with E-state index in [1.54, 1.807) is 24.5 Å². The minimum atomic E-state index is -0.501. The topological polar surface area (TPSA) is 151 Å². The Kier molecular flexibility index (Phi) is 9.38. The molecule has 0 aliphatic heterocycles. The Labute approximate surface area is 220 Å². The predicted molar refractivity (Wildman–Crippen MR) is 147 cm³/mol. The summed E-state index contributed by atoms with van der Waals surface area (Å²) in [6.07, 6.45) is 4.59. The fourth-order valence-corrected chi connectivity index (χ4v) is 4.09. The Hall–Kier alpha value is -4.28. The zero-order valence-corrected chi connectivity index (χ0v) is 21.1. The van der Waals surface area contributed by atoms with Gasteiger partial charge < -0.3 is 31.5 Å². The van der Waals surface area contributed by atoms with Crippen LogP contribution in [0.15, 0.2) is 60.9 Å². The quantitative estimate of drug-likeness (QED) is 0.127. The highest BCUT2D eigenvalue weighted by Crippen LogP contribution is 2.29. The lowest BCUT2D eigenvalue weighted by Gasteiger charge is -2.12. The summed E-state index contributed by atoms with van der Waals surface area (Å²) in [6, 6.07) is 14.8. The number of pyridine rings is 2. The summed E-state index contributed by atoms with van der Waals surface area (Å²) in [5, 5.41) is 21.2. The maximum Gasteiger partial charge on any atom is 0.248 e. The van der Waals surface area contributed by atoms with E-state index >= 15 is 0 Å². The van der Waals surface area contributed by atoms with E-state index in [9.17, 15) is 9.59 Å². The van der Waals surface area contributed by atoms with Gasteiger partial charge in [-0.2, -0.15) is 0 Å². The van der Waals surface area contributed by atoms with Crippen LogP contribution >= 0.6 is 0 Å². The normalized spacial score (nSPS) is 11.0. The molecule has 2 heterocycles. The van der Waals surface area contributed by atoms with Crippen LogP contribution in [-0.2, 0) is 11.3 Å².